The summed E-state index contributed by atoms with van der Waals surface area (Å²) in [4.78, 5) is 111. The molecule has 6 atom stereocenters. The highest BCUT2D eigenvalue weighted by molar-refractivity contribution is 6.12. The molecule has 22 nitrogen and oxygen atoms in total. The van der Waals surface area contributed by atoms with Gasteiger partial charge in [0.2, 0.25) is 17.7 Å². The van der Waals surface area contributed by atoms with Crippen molar-refractivity contribution in [2.24, 2.45) is 23.5 Å². The molecule has 85 heavy (non-hydrogen) atoms. The number of alkyl halides is 1. The molecule has 9 N–H and O–H groups in total. The molecule has 7 rings (SSSR count). The van der Waals surface area contributed by atoms with Crippen molar-refractivity contribution in [2.75, 3.05) is 57.8 Å². The lowest BCUT2D eigenvalue weighted by atomic mass is 9.89. The van der Waals surface area contributed by atoms with Gasteiger partial charge in [0.25, 0.3) is 11.8 Å². The Labute approximate surface area is 491 Å². The Morgan fingerprint density at radius 3 is 2.26 bits per heavy atom. The van der Waals surface area contributed by atoms with Crippen LogP contribution in [0.4, 0.5) is 33.2 Å². The summed E-state index contributed by atoms with van der Waals surface area (Å²) in [6.07, 6.45) is 5.04. The van der Waals surface area contributed by atoms with Crippen molar-refractivity contribution in [1.29, 1.82) is 0 Å². The van der Waals surface area contributed by atoms with Crippen LogP contribution in [0.3, 0.4) is 0 Å². The standard InChI is InChI=1S/C60H77F3N12O10/c1-37(2)53(72-50(76)14-8-5-9-26-74-51(77)21-22-52(74)78)57(80)71-48(13-10-25-66-58(64)81)56(79)69-44-18-15-40(16-19-44)36-85-60(83)67-30-38(3)68-59(82)75(34-42-31-65-32-47(42)63)54(41-23-27-84-28-24-41)55-70-49(45-29-43(61)17-20-46(45)62)35-73(55)33-39-11-6-4-7-12-39/h4,6-7,11-12,15-22,29,35,37-38,41-42,47-48,53-54,65H,5,8-10,13-14,23-28,30-34,36H2,1-3H3,(H,67,83)(H,68,82)(H,69,79)(H,71,80)(H,72,76)(H3,64,66,81)/t38-,42-,47-,48-,53-,54+/m0/s1. The second-order valence-electron chi connectivity index (χ2n) is 22.0. The number of imidazole rings is 1. The van der Waals surface area contributed by atoms with Crippen LogP contribution in [-0.2, 0) is 46.6 Å². The first-order valence-electron chi connectivity index (χ1n) is 28.9. The van der Waals surface area contributed by atoms with Crippen LogP contribution in [0.15, 0.2) is 91.1 Å². The molecule has 10 amide bonds. The van der Waals surface area contributed by atoms with Gasteiger partial charge in [0.05, 0.1) is 11.7 Å². The third-order valence-electron chi connectivity index (χ3n) is 15.0. The number of urea groups is 2. The zero-order chi connectivity index (χ0) is 61.0. The number of nitrogens with two attached hydrogens (primary N) is 1. The summed E-state index contributed by atoms with van der Waals surface area (Å²) in [6, 6.07) is 14.2. The summed E-state index contributed by atoms with van der Waals surface area (Å²) in [6.45, 7) is 6.78. The molecule has 0 unspecified atom stereocenters. The van der Waals surface area contributed by atoms with E-state index in [1.807, 2.05) is 34.9 Å². The van der Waals surface area contributed by atoms with E-state index in [0.29, 0.717) is 68.9 Å². The van der Waals surface area contributed by atoms with Crippen LogP contribution in [0.5, 0.6) is 0 Å². The van der Waals surface area contributed by atoms with E-state index in [4.69, 9.17) is 20.2 Å². The Balaban J connectivity index is 0.949. The summed E-state index contributed by atoms with van der Waals surface area (Å²) < 4.78 is 58.7. The van der Waals surface area contributed by atoms with Crippen molar-refractivity contribution in [1.82, 2.24) is 51.3 Å². The van der Waals surface area contributed by atoms with Gasteiger partial charge in [0.1, 0.15) is 42.3 Å². The first kappa shape index (κ1) is 64.2. The summed E-state index contributed by atoms with van der Waals surface area (Å²) >= 11 is 0. The van der Waals surface area contributed by atoms with Crippen LogP contribution < -0.4 is 43.0 Å². The van der Waals surface area contributed by atoms with Crippen LogP contribution in [-0.4, -0.2) is 144 Å². The smallest absolute Gasteiger partial charge is 0.407 e. The monoisotopic (exact) mass is 1180 g/mol. The quantitative estimate of drug-likeness (QED) is 0.0239. The zero-order valence-electron chi connectivity index (χ0n) is 48.1. The Bertz CT molecular complexity index is 2960. The molecule has 0 aliphatic carbocycles. The van der Waals surface area contributed by atoms with Gasteiger partial charge in [-0.15, -0.1) is 0 Å². The first-order valence-corrected chi connectivity index (χ1v) is 28.9. The molecule has 3 aliphatic rings. The van der Waals surface area contributed by atoms with Gasteiger partial charge in [-0.3, -0.25) is 28.9 Å². The molecule has 4 aromatic rings. The van der Waals surface area contributed by atoms with Crippen molar-refractivity contribution in [2.45, 2.75) is 116 Å². The van der Waals surface area contributed by atoms with Gasteiger partial charge in [-0.2, -0.15) is 0 Å². The number of anilines is 1. The molecule has 3 aliphatic heterocycles. The van der Waals surface area contributed by atoms with Crippen molar-refractivity contribution < 1.29 is 61.0 Å². The minimum absolute atomic E-state index is 0.0130. The predicted octanol–water partition coefficient (Wildman–Crippen LogP) is 5.73. The summed E-state index contributed by atoms with van der Waals surface area (Å²) in [7, 11) is 0. The number of ether oxygens (including phenoxy) is 2. The number of carbonyl (C=O) groups excluding carboxylic acids is 8. The van der Waals surface area contributed by atoms with E-state index in [9.17, 15) is 42.7 Å². The Morgan fingerprint density at radius 1 is 0.847 bits per heavy atom. The fourth-order valence-electron chi connectivity index (χ4n) is 10.4. The highest BCUT2D eigenvalue weighted by atomic mass is 19.1. The number of imide groups is 1. The highest BCUT2D eigenvalue weighted by Gasteiger charge is 2.41. The van der Waals surface area contributed by atoms with Gasteiger partial charge in [0.15, 0.2) is 0 Å². The maximum atomic E-state index is 15.5. The number of primary amides is 1. The number of aromatic nitrogens is 2. The fourth-order valence-corrected chi connectivity index (χ4v) is 10.4. The SMILES string of the molecule is CC(C)[C@H](NC(=O)CCCCCN1C(=O)C=CC1=O)C(=O)N[C@@H](CCCNC(N)=O)C(=O)Nc1ccc(COC(=O)NC[C@H](C)NC(=O)N(C[C@@H]2CNC[C@@H]2F)[C@@H](c2nc(-c3cc(F)ccc3F)cn2Cc2ccccc2)C2CCOCC2)cc1. The molecule has 25 heteroatoms. The lowest BCUT2D eigenvalue weighted by Gasteiger charge is -2.40. The van der Waals surface area contributed by atoms with Crippen LogP contribution in [0, 0.1) is 29.4 Å². The highest BCUT2D eigenvalue weighted by Crippen LogP contribution is 2.38. The topological polar surface area (TPSA) is 290 Å². The molecule has 2 saturated heterocycles. The van der Waals surface area contributed by atoms with Crippen LogP contribution >= 0.6 is 0 Å². The van der Waals surface area contributed by atoms with E-state index in [1.54, 1.807) is 56.1 Å². The molecule has 0 saturated carbocycles. The van der Waals surface area contributed by atoms with Gasteiger partial charge in [-0.05, 0) is 98.7 Å². The number of nitrogens with zero attached hydrogens (tertiary/aromatic N) is 4. The summed E-state index contributed by atoms with van der Waals surface area (Å²) in [5.41, 5.74) is 7.12. The third kappa shape index (κ3) is 19.1. The molecule has 0 spiro atoms. The lowest BCUT2D eigenvalue weighted by Crippen LogP contribution is -2.54. The number of carbonyl (C=O) groups is 8. The Morgan fingerprint density at radius 2 is 1.58 bits per heavy atom. The van der Waals surface area contributed by atoms with Gasteiger partial charge in [-0.1, -0.05) is 62.7 Å². The number of unbranched alkanes of at least 4 members (excludes halogenated alkanes) is 2. The molecule has 0 bridgehead atoms. The average Bonchev–Trinajstić information content (AvgIpc) is 4.23. The maximum Gasteiger partial charge on any atom is 0.407 e. The number of hydrogen-bond acceptors (Lipinski definition) is 12. The average molecular weight is 1180 g/mol. The number of hydrogen-bond donors (Lipinski definition) is 8. The van der Waals surface area contributed by atoms with E-state index in [2.05, 4.69) is 37.2 Å². The van der Waals surface area contributed by atoms with Crippen molar-refractivity contribution in [3.8, 4) is 11.3 Å². The number of benzene rings is 3. The largest absolute Gasteiger partial charge is 0.445 e. The fraction of sp³-hybridized carbons (Fsp3) is 0.483. The normalized spacial score (nSPS) is 17.4. The maximum absolute atomic E-state index is 15.5. The van der Waals surface area contributed by atoms with Gasteiger partial charge < -0.3 is 61.9 Å². The molecular formula is C60H77F3N12O10. The van der Waals surface area contributed by atoms with Crippen LogP contribution in [0.2, 0.25) is 0 Å². The zero-order valence-corrected chi connectivity index (χ0v) is 48.1. The van der Waals surface area contributed by atoms with Crippen molar-refractivity contribution >= 4 is 53.4 Å². The molecular weight excluding hydrogens is 1110 g/mol. The molecule has 1 aromatic heterocycles. The number of nitrogens with one attached hydrogen (secondary N) is 7. The third-order valence-corrected chi connectivity index (χ3v) is 15.0. The van der Waals surface area contributed by atoms with Crippen molar-refractivity contribution in [3.63, 3.8) is 0 Å². The lowest BCUT2D eigenvalue weighted by molar-refractivity contribution is -0.137. The molecule has 458 valence electrons. The van der Waals surface area contributed by atoms with Crippen molar-refractivity contribution in [3.05, 3.63) is 120 Å². The van der Waals surface area contributed by atoms with E-state index in [0.717, 1.165) is 28.7 Å². The van der Waals surface area contributed by atoms with Gasteiger partial charge >= 0.3 is 18.2 Å². The number of rotatable bonds is 29. The van der Waals surface area contributed by atoms with E-state index in [1.165, 1.54) is 12.2 Å². The Hall–Kier alpha value is -8.32. The minimum atomic E-state index is -1.26. The predicted molar refractivity (Wildman–Crippen MR) is 308 cm³/mol. The molecule has 4 heterocycles. The first-order chi connectivity index (χ1) is 40.8. The van der Waals surface area contributed by atoms with Crippen LogP contribution in [0.25, 0.3) is 11.3 Å². The van der Waals surface area contributed by atoms with E-state index >= 15 is 8.78 Å². The van der Waals surface area contributed by atoms with E-state index in [-0.39, 0.29) is 106 Å². The molecule has 3 aromatic carbocycles. The minimum Gasteiger partial charge on any atom is -0.445 e. The van der Waals surface area contributed by atoms with Crippen LogP contribution in [0.1, 0.15) is 95.1 Å². The summed E-state index contributed by atoms with van der Waals surface area (Å²) in [5, 5.41) is 19.5. The molecule has 0 radical (unpaired) electrons. The Kier molecular flexibility index (Phi) is 23.8. The summed E-state index contributed by atoms with van der Waals surface area (Å²) in [5.74, 6) is -4.42. The number of amides is 10. The molecule has 2 fully saturated rings. The van der Waals surface area contributed by atoms with E-state index < -0.39 is 77.9 Å². The number of alkyl carbamates (subject to hydrolysis) is 1. The van der Waals surface area contributed by atoms with Gasteiger partial charge in [-0.25, -0.2) is 32.5 Å². The van der Waals surface area contributed by atoms with Gasteiger partial charge in [0, 0.05) is 107 Å². The second kappa shape index (κ2) is 31.5. The number of halogens is 3. The second-order valence-corrected chi connectivity index (χ2v) is 22.0.